The Labute approximate surface area is 168 Å². The maximum absolute atomic E-state index is 12.4. The van der Waals surface area contributed by atoms with E-state index >= 15 is 0 Å². The molecule has 3 rings (SSSR count). The van der Waals surface area contributed by atoms with Crippen molar-refractivity contribution in [3.8, 4) is 0 Å². The number of fused-ring (bicyclic) bond motifs is 1. The van der Waals surface area contributed by atoms with Gasteiger partial charge in [-0.3, -0.25) is 0 Å². The van der Waals surface area contributed by atoms with Gasteiger partial charge in [-0.2, -0.15) is 0 Å². The van der Waals surface area contributed by atoms with Crippen LogP contribution in [0.1, 0.15) is 43.5 Å². The van der Waals surface area contributed by atoms with Gasteiger partial charge >= 0.3 is 6.09 Å². The summed E-state index contributed by atoms with van der Waals surface area (Å²) in [6.07, 6.45) is 3.30. The van der Waals surface area contributed by atoms with Crippen molar-refractivity contribution in [1.29, 1.82) is 0 Å². The Morgan fingerprint density at radius 1 is 1.11 bits per heavy atom. The van der Waals surface area contributed by atoms with Gasteiger partial charge in [0, 0.05) is 4.47 Å². The Balaban J connectivity index is 1.76. The minimum Gasteiger partial charge on any atom is -0.444 e. The molecular weight excluding hydrogens is 406 g/mol. The van der Waals surface area contributed by atoms with Crippen LogP contribution in [0.5, 0.6) is 0 Å². The van der Waals surface area contributed by atoms with Crippen LogP contribution in [0.4, 0.5) is 4.79 Å². The van der Waals surface area contributed by atoms with Crippen molar-refractivity contribution in [3.63, 3.8) is 0 Å². The minimum atomic E-state index is -0.554. The quantitative estimate of drug-likeness (QED) is 0.684. The van der Waals surface area contributed by atoms with Gasteiger partial charge in [-0.25, -0.2) is 4.79 Å². The molecule has 2 atom stereocenters. The van der Waals surface area contributed by atoms with Crippen LogP contribution in [-0.2, 0) is 16.1 Å². The zero-order valence-electron chi connectivity index (χ0n) is 15.7. The molecule has 0 spiro atoms. The van der Waals surface area contributed by atoms with Crippen LogP contribution >= 0.6 is 15.9 Å². The molecule has 5 heteroatoms. The fraction of sp³-hybridized carbons (Fsp3) is 0.318. The van der Waals surface area contributed by atoms with E-state index in [4.69, 9.17) is 9.47 Å². The number of carbonyl (C=O) groups is 1. The molecule has 27 heavy (non-hydrogen) atoms. The van der Waals surface area contributed by atoms with Gasteiger partial charge in [-0.15, -0.1) is 0 Å². The van der Waals surface area contributed by atoms with Crippen molar-refractivity contribution in [2.75, 3.05) is 0 Å². The lowest BCUT2D eigenvalue weighted by molar-refractivity contribution is 0.0256. The summed E-state index contributed by atoms with van der Waals surface area (Å²) in [4.78, 5) is 12.4. The predicted octanol–water partition coefficient (Wildman–Crippen LogP) is 5.63. The van der Waals surface area contributed by atoms with Crippen LogP contribution in [-0.4, -0.2) is 17.8 Å². The number of alkyl carbamates (subject to hydrolysis) is 1. The Morgan fingerprint density at radius 2 is 1.81 bits per heavy atom. The van der Waals surface area contributed by atoms with E-state index in [1.807, 2.05) is 81.5 Å². The molecule has 0 saturated carbocycles. The fourth-order valence-electron chi connectivity index (χ4n) is 2.95. The first-order valence-corrected chi connectivity index (χ1v) is 9.74. The summed E-state index contributed by atoms with van der Waals surface area (Å²) in [6.45, 7) is 6.01. The Kier molecular flexibility index (Phi) is 6.02. The van der Waals surface area contributed by atoms with Gasteiger partial charge in [0.1, 0.15) is 11.7 Å². The van der Waals surface area contributed by atoms with Crippen molar-refractivity contribution in [2.24, 2.45) is 0 Å². The van der Waals surface area contributed by atoms with Crippen LogP contribution in [0, 0.1) is 0 Å². The van der Waals surface area contributed by atoms with Crippen LogP contribution in [0.15, 0.2) is 59.1 Å². The molecule has 0 heterocycles. The molecule has 0 fully saturated rings. The summed E-state index contributed by atoms with van der Waals surface area (Å²) in [7, 11) is 0. The molecule has 2 aromatic carbocycles. The molecule has 0 saturated heterocycles. The Hall–Kier alpha value is -2.11. The standard InChI is InChI=1S/C22H24BrNO3/c1-22(2,3)27-21(25)24-20-18-7-5-4-6-16(18)10-13-19(20)26-14-15-8-11-17(23)12-9-15/h4-13,19-20H,14H2,1-3H3,(H,24,25)/t19-,20-/m1/s1. The highest BCUT2D eigenvalue weighted by Gasteiger charge is 2.30. The molecule has 142 valence electrons. The van der Waals surface area contributed by atoms with E-state index in [-0.39, 0.29) is 12.1 Å². The largest absolute Gasteiger partial charge is 0.444 e. The number of nitrogens with one attached hydrogen (secondary N) is 1. The highest BCUT2D eigenvalue weighted by Crippen LogP contribution is 2.31. The predicted molar refractivity (Wildman–Crippen MR) is 110 cm³/mol. The molecule has 4 nitrogen and oxygen atoms in total. The maximum atomic E-state index is 12.4. The molecule has 1 aliphatic rings. The molecule has 0 radical (unpaired) electrons. The molecule has 2 aromatic rings. The average molecular weight is 430 g/mol. The molecule has 0 bridgehead atoms. The maximum Gasteiger partial charge on any atom is 0.408 e. The van der Waals surface area contributed by atoms with Crippen LogP contribution in [0.2, 0.25) is 0 Å². The number of hydrogen-bond donors (Lipinski definition) is 1. The molecular formula is C22H24BrNO3. The number of hydrogen-bond acceptors (Lipinski definition) is 3. The summed E-state index contributed by atoms with van der Waals surface area (Å²) in [5, 5.41) is 2.98. The van der Waals surface area contributed by atoms with Crippen molar-refractivity contribution < 1.29 is 14.3 Å². The highest BCUT2D eigenvalue weighted by atomic mass is 79.9. The molecule has 0 aromatic heterocycles. The van der Waals surface area contributed by atoms with Crippen molar-refractivity contribution in [1.82, 2.24) is 5.32 Å². The van der Waals surface area contributed by atoms with Crippen molar-refractivity contribution >= 4 is 28.1 Å². The summed E-state index contributed by atoms with van der Waals surface area (Å²) in [5.74, 6) is 0. The first kappa shape index (κ1) is 19.6. The van der Waals surface area contributed by atoms with Crippen molar-refractivity contribution in [3.05, 3.63) is 75.8 Å². The molecule has 0 unspecified atom stereocenters. The van der Waals surface area contributed by atoms with Gasteiger partial charge in [0.15, 0.2) is 0 Å². The van der Waals surface area contributed by atoms with Gasteiger partial charge in [0.05, 0.1) is 12.6 Å². The highest BCUT2D eigenvalue weighted by molar-refractivity contribution is 9.10. The third kappa shape index (κ3) is 5.44. The molecule has 1 N–H and O–H groups in total. The third-order valence-electron chi connectivity index (χ3n) is 4.15. The van der Waals surface area contributed by atoms with E-state index < -0.39 is 11.7 Å². The van der Waals surface area contributed by atoms with E-state index in [9.17, 15) is 4.79 Å². The lowest BCUT2D eigenvalue weighted by Crippen LogP contribution is -2.41. The average Bonchev–Trinajstić information content (AvgIpc) is 2.61. The zero-order chi connectivity index (χ0) is 19.4. The second-order valence-corrected chi connectivity index (χ2v) is 8.43. The van der Waals surface area contributed by atoms with Gasteiger partial charge in [-0.05, 0) is 49.6 Å². The smallest absolute Gasteiger partial charge is 0.408 e. The van der Waals surface area contributed by atoms with Gasteiger partial charge in [0.25, 0.3) is 0 Å². The van der Waals surface area contributed by atoms with Crippen molar-refractivity contribution in [2.45, 2.75) is 45.1 Å². The number of benzene rings is 2. The number of rotatable bonds is 4. The number of halogens is 1. The molecule has 1 aliphatic carbocycles. The van der Waals surface area contributed by atoms with Gasteiger partial charge < -0.3 is 14.8 Å². The second kappa shape index (κ2) is 8.28. The van der Waals surface area contributed by atoms with Crippen LogP contribution < -0.4 is 5.32 Å². The van der Waals surface area contributed by atoms with E-state index in [1.54, 1.807) is 0 Å². The third-order valence-corrected chi connectivity index (χ3v) is 4.68. The minimum absolute atomic E-state index is 0.281. The van der Waals surface area contributed by atoms with E-state index in [1.165, 1.54) is 0 Å². The fourth-order valence-corrected chi connectivity index (χ4v) is 3.22. The Morgan fingerprint density at radius 3 is 2.52 bits per heavy atom. The van der Waals surface area contributed by atoms with Gasteiger partial charge in [0.2, 0.25) is 0 Å². The normalized spacial score (nSPS) is 18.7. The lowest BCUT2D eigenvalue weighted by Gasteiger charge is -2.31. The van der Waals surface area contributed by atoms with Crippen LogP contribution in [0.25, 0.3) is 6.08 Å². The number of carbonyl (C=O) groups excluding carboxylic acids is 1. The molecule has 1 amide bonds. The van der Waals surface area contributed by atoms with E-state index in [0.717, 1.165) is 21.2 Å². The monoisotopic (exact) mass is 429 g/mol. The number of ether oxygens (including phenoxy) is 2. The topological polar surface area (TPSA) is 47.6 Å². The summed E-state index contributed by atoms with van der Waals surface area (Å²) >= 11 is 3.44. The first-order valence-electron chi connectivity index (χ1n) is 8.94. The van der Waals surface area contributed by atoms with Crippen LogP contribution in [0.3, 0.4) is 0 Å². The SMILES string of the molecule is CC(C)(C)OC(=O)N[C@@H]1c2ccccc2C=C[C@H]1OCc1ccc(Br)cc1. The van der Waals surface area contributed by atoms with Gasteiger partial charge in [-0.1, -0.05) is 64.5 Å². The lowest BCUT2D eigenvalue weighted by atomic mass is 9.91. The molecule has 0 aliphatic heterocycles. The first-order chi connectivity index (χ1) is 12.8. The summed E-state index contributed by atoms with van der Waals surface area (Å²) in [5.41, 5.74) is 2.61. The number of amides is 1. The van der Waals surface area contributed by atoms with E-state index in [2.05, 4.69) is 21.2 Å². The second-order valence-electron chi connectivity index (χ2n) is 7.51. The summed E-state index contributed by atoms with van der Waals surface area (Å²) < 4.78 is 12.6. The Bertz CT molecular complexity index is 824. The van der Waals surface area contributed by atoms with E-state index in [0.29, 0.717) is 6.61 Å². The zero-order valence-corrected chi connectivity index (χ0v) is 17.3. The summed E-state index contributed by atoms with van der Waals surface area (Å²) in [6, 6.07) is 15.7.